The van der Waals surface area contributed by atoms with Gasteiger partial charge in [0.1, 0.15) is 0 Å². The lowest BCUT2D eigenvalue weighted by atomic mass is 9.64. The molecular weight excluding hydrogens is 222 g/mol. The Kier molecular flexibility index (Phi) is 3.79. The molecule has 0 amide bonds. The Bertz CT molecular complexity index is 421. The van der Waals surface area contributed by atoms with Crippen LogP contribution in [-0.4, -0.2) is 19.8 Å². The second-order valence-electron chi connectivity index (χ2n) is 6.03. The molecular formula is C16H25NO. The molecule has 0 aliphatic carbocycles. The highest BCUT2D eigenvalue weighted by atomic mass is 16.5. The molecule has 1 aliphatic heterocycles. The van der Waals surface area contributed by atoms with E-state index in [1.807, 2.05) is 0 Å². The number of ether oxygens (including phenoxy) is 1. The van der Waals surface area contributed by atoms with Gasteiger partial charge in [-0.1, -0.05) is 32.0 Å². The molecule has 2 nitrogen and oxygen atoms in total. The van der Waals surface area contributed by atoms with E-state index in [2.05, 4.69) is 45.9 Å². The Labute approximate surface area is 111 Å². The normalized spacial score (nSPS) is 19.7. The molecule has 0 bridgehead atoms. The van der Waals surface area contributed by atoms with Gasteiger partial charge in [-0.05, 0) is 48.9 Å². The van der Waals surface area contributed by atoms with Crippen LogP contribution in [0, 0.1) is 25.7 Å². The van der Waals surface area contributed by atoms with E-state index in [-0.39, 0.29) is 5.41 Å². The lowest BCUT2D eigenvalue weighted by Crippen LogP contribution is -2.56. The zero-order valence-corrected chi connectivity index (χ0v) is 12.0. The monoisotopic (exact) mass is 247 g/mol. The maximum atomic E-state index is 6.02. The van der Waals surface area contributed by atoms with Crippen molar-refractivity contribution in [1.82, 2.24) is 0 Å². The lowest BCUT2D eigenvalue weighted by molar-refractivity contribution is -0.0982. The summed E-state index contributed by atoms with van der Waals surface area (Å²) in [4.78, 5) is 0. The van der Waals surface area contributed by atoms with Crippen LogP contribution in [0.3, 0.4) is 0 Å². The van der Waals surface area contributed by atoms with Crippen molar-refractivity contribution in [3.05, 3.63) is 34.9 Å². The summed E-state index contributed by atoms with van der Waals surface area (Å²) in [6.07, 6.45) is 0. The van der Waals surface area contributed by atoms with E-state index in [1.165, 1.54) is 16.7 Å². The molecule has 1 unspecified atom stereocenters. The van der Waals surface area contributed by atoms with Gasteiger partial charge < -0.3 is 10.5 Å². The summed E-state index contributed by atoms with van der Waals surface area (Å²) < 4.78 is 5.54. The third kappa shape index (κ3) is 2.08. The largest absolute Gasteiger partial charge is 0.379 e. The standard InChI is InChI=1S/C16H25NO/c1-11(2)15(8-17)16(9-18-10-16)14-6-5-12(3)13(4)7-14/h5-7,11,15H,8-10,17H2,1-4H3. The molecule has 1 aliphatic rings. The molecule has 1 aromatic rings. The maximum Gasteiger partial charge on any atom is 0.0588 e. The van der Waals surface area contributed by atoms with Crippen LogP contribution in [0.1, 0.15) is 30.5 Å². The fraction of sp³-hybridized carbons (Fsp3) is 0.625. The van der Waals surface area contributed by atoms with E-state index in [0.717, 1.165) is 19.8 Å². The van der Waals surface area contributed by atoms with E-state index in [1.54, 1.807) is 0 Å². The Balaban J connectivity index is 2.40. The summed E-state index contributed by atoms with van der Waals surface area (Å²) in [5.41, 5.74) is 10.3. The van der Waals surface area contributed by atoms with Gasteiger partial charge in [-0.15, -0.1) is 0 Å². The molecule has 1 aromatic carbocycles. The summed E-state index contributed by atoms with van der Waals surface area (Å²) >= 11 is 0. The SMILES string of the molecule is Cc1ccc(C2(C(CN)C(C)C)COC2)cc1C. The topological polar surface area (TPSA) is 35.2 Å². The molecule has 0 radical (unpaired) electrons. The van der Waals surface area contributed by atoms with Crippen molar-refractivity contribution in [2.24, 2.45) is 17.6 Å². The zero-order valence-electron chi connectivity index (χ0n) is 12.0. The summed E-state index contributed by atoms with van der Waals surface area (Å²) in [6, 6.07) is 6.80. The van der Waals surface area contributed by atoms with Crippen molar-refractivity contribution >= 4 is 0 Å². The van der Waals surface area contributed by atoms with Crippen LogP contribution in [-0.2, 0) is 10.2 Å². The third-order valence-electron chi connectivity index (χ3n) is 4.57. The lowest BCUT2D eigenvalue weighted by Gasteiger charge is -2.49. The van der Waals surface area contributed by atoms with E-state index >= 15 is 0 Å². The van der Waals surface area contributed by atoms with E-state index in [0.29, 0.717) is 11.8 Å². The van der Waals surface area contributed by atoms with Crippen molar-refractivity contribution in [2.45, 2.75) is 33.1 Å². The van der Waals surface area contributed by atoms with Crippen molar-refractivity contribution < 1.29 is 4.74 Å². The molecule has 0 spiro atoms. The van der Waals surface area contributed by atoms with Gasteiger partial charge in [0.15, 0.2) is 0 Å². The van der Waals surface area contributed by atoms with Gasteiger partial charge in [0.05, 0.1) is 13.2 Å². The first-order chi connectivity index (χ1) is 8.51. The number of benzene rings is 1. The van der Waals surface area contributed by atoms with Crippen LogP contribution in [0.25, 0.3) is 0 Å². The molecule has 0 saturated carbocycles. The van der Waals surface area contributed by atoms with Crippen molar-refractivity contribution in [3.63, 3.8) is 0 Å². The number of rotatable bonds is 4. The summed E-state index contributed by atoms with van der Waals surface area (Å²) in [6.45, 7) is 11.2. The predicted molar refractivity (Wildman–Crippen MR) is 75.8 cm³/mol. The Morgan fingerprint density at radius 2 is 1.89 bits per heavy atom. The van der Waals surface area contributed by atoms with E-state index < -0.39 is 0 Å². The van der Waals surface area contributed by atoms with Crippen LogP contribution in [0.2, 0.25) is 0 Å². The minimum absolute atomic E-state index is 0.140. The highest BCUT2D eigenvalue weighted by Gasteiger charge is 2.47. The Morgan fingerprint density at radius 1 is 1.22 bits per heavy atom. The van der Waals surface area contributed by atoms with Crippen molar-refractivity contribution in [2.75, 3.05) is 19.8 Å². The average Bonchev–Trinajstić information content (AvgIpc) is 2.26. The van der Waals surface area contributed by atoms with Crippen LogP contribution in [0.5, 0.6) is 0 Å². The summed E-state index contributed by atoms with van der Waals surface area (Å²) in [5.74, 6) is 1.08. The molecule has 18 heavy (non-hydrogen) atoms. The van der Waals surface area contributed by atoms with Crippen LogP contribution in [0.4, 0.5) is 0 Å². The highest BCUT2D eigenvalue weighted by molar-refractivity contribution is 5.37. The van der Waals surface area contributed by atoms with E-state index in [9.17, 15) is 0 Å². The first kappa shape index (κ1) is 13.6. The van der Waals surface area contributed by atoms with Gasteiger partial charge >= 0.3 is 0 Å². The summed E-state index contributed by atoms with van der Waals surface area (Å²) in [7, 11) is 0. The fourth-order valence-electron chi connectivity index (χ4n) is 3.10. The average molecular weight is 247 g/mol. The predicted octanol–water partition coefficient (Wildman–Crippen LogP) is 2.80. The molecule has 1 atom stereocenters. The molecule has 1 saturated heterocycles. The van der Waals surface area contributed by atoms with Crippen molar-refractivity contribution in [3.8, 4) is 0 Å². The second kappa shape index (κ2) is 5.02. The molecule has 2 rings (SSSR count). The minimum atomic E-state index is 0.140. The van der Waals surface area contributed by atoms with Gasteiger partial charge in [0.25, 0.3) is 0 Å². The van der Waals surface area contributed by atoms with Gasteiger partial charge in [-0.3, -0.25) is 0 Å². The first-order valence-corrected chi connectivity index (χ1v) is 6.87. The van der Waals surface area contributed by atoms with E-state index in [4.69, 9.17) is 10.5 Å². The quantitative estimate of drug-likeness (QED) is 0.888. The van der Waals surface area contributed by atoms with Gasteiger partial charge in [0.2, 0.25) is 0 Å². The third-order valence-corrected chi connectivity index (χ3v) is 4.57. The number of hydrogen-bond donors (Lipinski definition) is 1. The van der Waals surface area contributed by atoms with Gasteiger partial charge in [0, 0.05) is 5.41 Å². The molecule has 1 fully saturated rings. The number of aryl methyl sites for hydroxylation is 2. The van der Waals surface area contributed by atoms with Crippen LogP contribution >= 0.6 is 0 Å². The number of nitrogens with two attached hydrogens (primary N) is 1. The Hall–Kier alpha value is -0.860. The number of hydrogen-bond acceptors (Lipinski definition) is 2. The molecule has 100 valence electrons. The van der Waals surface area contributed by atoms with Gasteiger partial charge in [-0.2, -0.15) is 0 Å². The van der Waals surface area contributed by atoms with Gasteiger partial charge in [-0.25, -0.2) is 0 Å². The molecule has 0 aromatic heterocycles. The molecule has 1 heterocycles. The highest BCUT2D eigenvalue weighted by Crippen LogP contribution is 2.42. The van der Waals surface area contributed by atoms with Crippen molar-refractivity contribution in [1.29, 1.82) is 0 Å². The van der Waals surface area contributed by atoms with Crippen LogP contribution < -0.4 is 5.73 Å². The maximum absolute atomic E-state index is 6.02. The minimum Gasteiger partial charge on any atom is -0.379 e. The van der Waals surface area contributed by atoms with Crippen LogP contribution in [0.15, 0.2) is 18.2 Å². The first-order valence-electron chi connectivity index (χ1n) is 6.87. The summed E-state index contributed by atoms with van der Waals surface area (Å²) in [5, 5.41) is 0. The zero-order chi connectivity index (χ0) is 13.3. The molecule has 2 heteroatoms. The smallest absolute Gasteiger partial charge is 0.0588 e. The second-order valence-corrected chi connectivity index (χ2v) is 6.03. The molecule has 2 N–H and O–H groups in total. The Morgan fingerprint density at radius 3 is 2.28 bits per heavy atom. The fourth-order valence-corrected chi connectivity index (χ4v) is 3.10.